The topological polar surface area (TPSA) is 41.6 Å². The van der Waals surface area contributed by atoms with Crippen LogP contribution in [0.4, 0.5) is 8.78 Å². The Bertz CT molecular complexity index is 837. The molecule has 0 amide bonds. The van der Waals surface area contributed by atoms with E-state index < -0.39 is 11.6 Å². The molecule has 1 N–H and O–H groups in total. The number of thiophene rings is 2. The van der Waals surface area contributed by atoms with Crippen LogP contribution in [0, 0.1) is 11.6 Å². The summed E-state index contributed by atoms with van der Waals surface area (Å²) >= 11 is 2.67. The second kappa shape index (κ2) is 4.71. The maximum absolute atomic E-state index is 14.6. The van der Waals surface area contributed by atoms with Gasteiger partial charge in [0.2, 0.25) is 0 Å². The van der Waals surface area contributed by atoms with Crippen LogP contribution in [0.2, 0.25) is 0 Å². The molecule has 3 aromatic heterocycles. The fraction of sp³-hybridized carbons (Fsp3) is 0. The summed E-state index contributed by atoms with van der Waals surface area (Å²) in [5.74, 6) is -1.77. The van der Waals surface area contributed by atoms with Crippen LogP contribution in [-0.4, -0.2) is 15.4 Å². The Hall–Kier alpha value is -2.12. The van der Waals surface area contributed by atoms with Gasteiger partial charge in [0.25, 0.3) is 0 Å². The standard InChI is InChI=1S/C14H7F2N3S2/c15-11-9(7-3-1-5-20-7)13-14(18-19-17-13)10(12(11)16)8-4-2-6-21-8/h1-6H,(H,17,18,19). The second-order valence-corrected chi connectivity index (χ2v) is 6.25. The molecule has 0 bridgehead atoms. The highest BCUT2D eigenvalue weighted by molar-refractivity contribution is 7.14. The molecule has 0 aliphatic rings. The lowest BCUT2D eigenvalue weighted by atomic mass is 10.0. The minimum atomic E-state index is -0.887. The van der Waals surface area contributed by atoms with Gasteiger partial charge in [0, 0.05) is 9.75 Å². The van der Waals surface area contributed by atoms with Crippen molar-refractivity contribution in [2.75, 3.05) is 0 Å². The molecular formula is C14H7F2N3S2. The molecule has 21 heavy (non-hydrogen) atoms. The molecule has 0 aliphatic carbocycles. The lowest BCUT2D eigenvalue weighted by molar-refractivity contribution is 0.516. The van der Waals surface area contributed by atoms with Gasteiger partial charge in [-0.3, -0.25) is 0 Å². The highest BCUT2D eigenvalue weighted by Crippen LogP contribution is 2.40. The molecule has 3 heterocycles. The van der Waals surface area contributed by atoms with Crippen molar-refractivity contribution in [3.63, 3.8) is 0 Å². The number of hydrogen-bond donors (Lipinski definition) is 1. The Balaban J connectivity index is 2.14. The average Bonchev–Trinajstić information content (AvgIpc) is 3.21. The number of rotatable bonds is 2. The van der Waals surface area contributed by atoms with E-state index in [4.69, 9.17) is 0 Å². The molecule has 0 fully saturated rings. The van der Waals surface area contributed by atoms with Crippen molar-refractivity contribution in [2.24, 2.45) is 0 Å². The molecule has 4 rings (SSSR count). The van der Waals surface area contributed by atoms with Gasteiger partial charge in [-0.2, -0.15) is 15.4 Å². The first kappa shape index (κ1) is 12.6. The average molecular weight is 319 g/mol. The molecule has 104 valence electrons. The summed E-state index contributed by atoms with van der Waals surface area (Å²) in [6.07, 6.45) is 0. The molecule has 0 atom stereocenters. The maximum Gasteiger partial charge on any atom is 0.170 e. The molecule has 0 saturated carbocycles. The summed E-state index contributed by atoms with van der Waals surface area (Å²) in [6, 6.07) is 7.05. The van der Waals surface area contributed by atoms with Crippen LogP contribution in [0.25, 0.3) is 31.9 Å². The van der Waals surface area contributed by atoms with E-state index in [1.807, 2.05) is 10.8 Å². The summed E-state index contributed by atoms with van der Waals surface area (Å²) in [6.45, 7) is 0. The molecule has 0 aliphatic heterocycles. The largest absolute Gasteiger partial charge is 0.203 e. The van der Waals surface area contributed by atoms with Crippen LogP contribution in [-0.2, 0) is 0 Å². The van der Waals surface area contributed by atoms with Crippen LogP contribution in [0.5, 0.6) is 0 Å². The van der Waals surface area contributed by atoms with E-state index >= 15 is 0 Å². The van der Waals surface area contributed by atoms with Gasteiger partial charge in [-0.05, 0) is 22.9 Å². The van der Waals surface area contributed by atoms with E-state index in [-0.39, 0.29) is 11.1 Å². The number of aromatic nitrogens is 3. The minimum absolute atomic E-state index is 0.159. The number of H-pyrrole nitrogens is 1. The van der Waals surface area contributed by atoms with Crippen molar-refractivity contribution in [1.29, 1.82) is 0 Å². The van der Waals surface area contributed by atoms with E-state index in [2.05, 4.69) is 15.4 Å². The molecule has 0 unspecified atom stereocenters. The van der Waals surface area contributed by atoms with Gasteiger partial charge in [0.15, 0.2) is 11.6 Å². The van der Waals surface area contributed by atoms with Crippen molar-refractivity contribution in [2.45, 2.75) is 0 Å². The van der Waals surface area contributed by atoms with Crippen molar-refractivity contribution in [3.8, 4) is 20.9 Å². The third-order valence-electron chi connectivity index (χ3n) is 3.19. The van der Waals surface area contributed by atoms with E-state index in [1.165, 1.54) is 22.7 Å². The number of halogens is 2. The van der Waals surface area contributed by atoms with Gasteiger partial charge in [0.1, 0.15) is 11.0 Å². The fourth-order valence-corrected chi connectivity index (χ4v) is 3.83. The number of nitrogens with zero attached hydrogens (tertiary/aromatic N) is 2. The van der Waals surface area contributed by atoms with Gasteiger partial charge in [0.05, 0.1) is 11.1 Å². The molecule has 1 aromatic carbocycles. The van der Waals surface area contributed by atoms with Gasteiger partial charge in [-0.15, -0.1) is 22.7 Å². The number of hydrogen-bond acceptors (Lipinski definition) is 4. The van der Waals surface area contributed by atoms with Crippen LogP contribution in [0.3, 0.4) is 0 Å². The van der Waals surface area contributed by atoms with Crippen molar-refractivity contribution in [1.82, 2.24) is 15.4 Å². The highest BCUT2D eigenvalue weighted by Gasteiger charge is 2.25. The summed E-state index contributed by atoms with van der Waals surface area (Å²) < 4.78 is 29.2. The predicted molar refractivity (Wildman–Crippen MR) is 80.4 cm³/mol. The highest BCUT2D eigenvalue weighted by atomic mass is 32.1. The van der Waals surface area contributed by atoms with Crippen LogP contribution < -0.4 is 0 Å². The molecular weight excluding hydrogens is 312 g/mol. The first-order valence-electron chi connectivity index (χ1n) is 6.06. The van der Waals surface area contributed by atoms with Gasteiger partial charge >= 0.3 is 0 Å². The lowest BCUT2D eigenvalue weighted by Crippen LogP contribution is -1.95. The molecule has 0 saturated heterocycles. The number of fused-ring (bicyclic) bond motifs is 1. The van der Waals surface area contributed by atoms with Crippen LogP contribution in [0.1, 0.15) is 0 Å². The van der Waals surface area contributed by atoms with Gasteiger partial charge in [-0.25, -0.2) is 8.78 Å². The van der Waals surface area contributed by atoms with Crippen LogP contribution >= 0.6 is 22.7 Å². The number of aromatic amines is 1. The summed E-state index contributed by atoms with van der Waals surface area (Å²) in [5.41, 5.74) is 1.01. The molecule has 4 aromatic rings. The zero-order chi connectivity index (χ0) is 14.4. The maximum atomic E-state index is 14.6. The Kier molecular flexibility index (Phi) is 2.83. The minimum Gasteiger partial charge on any atom is -0.203 e. The lowest BCUT2D eigenvalue weighted by Gasteiger charge is -2.07. The summed E-state index contributed by atoms with van der Waals surface area (Å²) in [7, 11) is 0. The third-order valence-corrected chi connectivity index (χ3v) is 4.96. The van der Waals surface area contributed by atoms with Crippen molar-refractivity contribution < 1.29 is 8.78 Å². The Morgan fingerprint density at radius 2 is 1.29 bits per heavy atom. The zero-order valence-corrected chi connectivity index (χ0v) is 12.1. The number of nitrogens with one attached hydrogen (secondary N) is 1. The molecule has 0 radical (unpaired) electrons. The summed E-state index contributed by atoms with van der Waals surface area (Å²) in [4.78, 5) is 1.26. The van der Waals surface area contributed by atoms with E-state index in [0.717, 1.165) is 0 Å². The van der Waals surface area contributed by atoms with E-state index in [1.54, 1.807) is 24.3 Å². The first-order chi connectivity index (χ1) is 10.3. The van der Waals surface area contributed by atoms with Crippen molar-refractivity contribution >= 4 is 33.7 Å². The third kappa shape index (κ3) is 1.81. The van der Waals surface area contributed by atoms with Crippen LogP contribution in [0.15, 0.2) is 35.0 Å². The second-order valence-electron chi connectivity index (χ2n) is 4.35. The Labute approximate surface area is 125 Å². The summed E-state index contributed by atoms with van der Waals surface area (Å²) in [5, 5.41) is 14.1. The monoisotopic (exact) mass is 319 g/mol. The van der Waals surface area contributed by atoms with E-state index in [9.17, 15) is 8.78 Å². The first-order valence-corrected chi connectivity index (χ1v) is 7.82. The molecule has 3 nitrogen and oxygen atoms in total. The predicted octanol–water partition coefficient (Wildman–Crippen LogP) is 4.69. The quantitative estimate of drug-likeness (QED) is 0.582. The normalized spacial score (nSPS) is 11.3. The SMILES string of the molecule is Fc1c(F)c(-c2cccs2)c2n[nH]nc2c1-c1cccs1. The van der Waals surface area contributed by atoms with Gasteiger partial charge < -0.3 is 0 Å². The van der Waals surface area contributed by atoms with Gasteiger partial charge in [-0.1, -0.05) is 12.1 Å². The smallest absolute Gasteiger partial charge is 0.170 e. The number of benzene rings is 1. The molecule has 7 heteroatoms. The zero-order valence-electron chi connectivity index (χ0n) is 10.4. The molecule has 0 spiro atoms. The Morgan fingerprint density at radius 1 is 0.810 bits per heavy atom. The van der Waals surface area contributed by atoms with Crippen molar-refractivity contribution in [3.05, 3.63) is 46.7 Å². The fourth-order valence-electron chi connectivity index (χ4n) is 2.30. The van der Waals surface area contributed by atoms with E-state index in [0.29, 0.717) is 20.8 Å². The Morgan fingerprint density at radius 3 is 1.67 bits per heavy atom.